The number of rotatable bonds is 10. The molecule has 1 fully saturated rings. The smallest absolute Gasteiger partial charge is 0.201 e. The normalized spacial score (nSPS) is 29.5. The first-order valence-electron chi connectivity index (χ1n) is 13.1. The molecule has 0 radical (unpaired) electrons. The van der Waals surface area contributed by atoms with Crippen molar-refractivity contribution in [2.45, 2.75) is 43.0 Å². The lowest BCUT2D eigenvalue weighted by Gasteiger charge is -2.43. The highest BCUT2D eigenvalue weighted by Gasteiger charge is 2.46. The van der Waals surface area contributed by atoms with Crippen LogP contribution in [-0.4, -0.2) is 115 Å². The second kappa shape index (κ2) is 12.9. The highest BCUT2D eigenvalue weighted by molar-refractivity contribution is 5.64. The fourth-order valence-corrected chi connectivity index (χ4v) is 5.83. The molecule has 2 aliphatic rings. The number of aliphatic hydroxyl groups excluding tert-OH is 5. The lowest BCUT2D eigenvalue weighted by molar-refractivity contribution is -0.304. The predicted octanol–water partition coefficient (Wildman–Crippen LogP) is -0.139. The van der Waals surface area contributed by atoms with Crippen molar-refractivity contribution < 1.29 is 64.2 Å². The van der Waals surface area contributed by atoms with Gasteiger partial charge in [-0.25, -0.2) is 0 Å². The fraction of sp³-hybridized carbons (Fsp3) is 0.571. The molecular formula is C28H38O13. The van der Waals surface area contributed by atoms with Crippen molar-refractivity contribution in [2.75, 3.05) is 48.3 Å². The van der Waals surface area contributed by atoms with Crippen LogP contribution in [-0.2, 0) is 15.9 Å². The highest BCUT2D eigenvalue weighted by Crippen LogP contribution is 2.54. The Morgan fingerprint density at radius 3 is 1.93 bits per heavy atom. The van der Waals surface area contributed by atoms with Gasteiger partial charge in [0.05, 0.1) is 41.7 Å². The van der Waals surface area contributed by atoms with E-state index in [0.29, 0.717) is 17.5 Å². The molecule has 2 aromatic carbocycles. The van der Waals surface area contributed by atoms with Crippen LogP contribution in [0.5, 0.6) is 34.5 Å². The van der Waals surface area contributed by atoms with E-state index in [-0.39, 0.29) is 47.7 Å². The van der Waals surface area contributed by atoms with Gasteiger partial charge in [0.1, 0.15) is 24.4 Å². The van der Waals surface area contributed by atoms with E-state index in [0.717, 1.165) is 5.56 Å². The number of ether oxygens (including phenoxy) is 6. The monoisotopic (exact) mass is 582 g/mol. The van der Waals surface area contributed by atoms with Crippen molar-refractivity contribution in [2.24, 2.45) is 11.8 Å². The lowest BCUT2D eigenvalue weighted by Crippen LogP contribution is -2.59. The molecule has 1 heterocycles. The number of aromatic hydroxyl groups is 2. The summed E-state index contributed by atoms with van der Waals surface area (Å²) in [5.41, 5.74) is 1.88. The Labute approximate surface area is 237 Å². The molecule has 0 amide bonds. The maximum Gasteiger partial charge on any atom is 0.201 e. The molecule has 0 unspecified atom stereocenters. The van der Waals surface area contributed by atoms with Crippen molar-refractivity contribution in [3.63, 3.8) is 0 Å². The van der Waals surface area contributed by atoms with Gasteiger partial charge in [0.15, 0.2) is 29.3 Å². The van der Waals surface area contributed by atoms with Crippen molar-refractivity contribution in [3.05, 3.63) is 34.9 Å². The summed E-state index contributed by atoms with van der Waals surface area (Å²) in [4.78, 5) is 0. The molecule has 8 atom stereocenters. The van der Waals surface area contributed by atoms with Crippen LogP contribution in [0, 0.1) is 11.8 Å². The van der Waals surface area contributed by atoms with E-state index in [1.54, 1.807) is 18.2 Å². The topological polar surface area (TPSA) is 197 Å². The van der Waals surface area contributed by atoms with E-state index in [2.05, 4.69) is 0 Å². The molecule has 4 rings (SSSR count). The SMILES string of the molecule is COc1cc([C@@H]2c3c(cc(OC)c(O)c3OC)C[C@@H](CO)[C@@H]2CO[C@@H]2O[C@@H](CO)[C@@H](O)[C@@H](O)[C@H]2O)cc(OC)c1O. The Kier molecular flexibility index (Phi) is 9.70. The molecule has 13 heteroatoms. The van der Waals surface area contributed by atoms with E-state index < -0.39 is 55.1 Å². The minimum atomic E-state index is -1.63. The summed E-state index contributed by atoms with van der Waals surface area (Å²) >= 11 is 0. The van der Waals surface area contributed by atoms with Crippen LogP contribution in [0.25, 0.3) is 0 Å². The Morgan fingerprint density at radius 2 is 1.39 bits per heavy atom. The second-order valence-corrected chi connectivity index (χ2v) is 10.1. The Balaban J connectivity index is 1.85. The number of phenolic OH excluding ortho intramolecular Hbond substituents is 2. The van der Waals surface area contributed by atoms with Crippen LogP contribution >= 0.6 is 0 Å². The van der Waals surface area contributed by atoms with Crippen molar-refractivity contribution in [1.82, 2.24) is 0 Å². The second-order valence-electron chi connectivity index (χ2n) is 10.1. The van der Waals surface area contributed by atoms with Gasteiger partial charge in [0, 0.05) is 18.1 Å². The third kappa shape index (κ3) is 5.58. The number of methoxy groups -OCH3 is 4. The summed E-state index contributed by atoms with van der Waals surface area (Å²) in [5, 5.41) is 72.6. The molecule has 1 aliphatic carbocycles. The summed E-state index contributed by atoms with van der Waals surface area (Å²) in [7, 11) is 5.60. The molecule has 7 N–H and O–H groups in total. The number of fused-ring (bicyclic) bond motifs is 1. The number of aliphatic hydroxyl groups is 5. The Hall–Kier alpha value is -3.04. The minimum Gasteiger partial charge on any atom is -0.502 e. The molecule has 1 aliphatic heterocycles. The molecule has 228 valence electrons. The molecule has 41 heavy (non-hydrogen) atoms. The van der Waals surface area contributed by atoms with Crippen LogP contribution in [0.15, 0.2) is 18.2 Å². The number of hydrogen-bond donors (Lipinski definition) is 7. The van der Waals surface area contributed by atoms with Crippen molar-refractivity contribution in [3.8, 4) is 34.5 Å². The Bertz CT molecular complexity index is 1180. The average Bonchev–Trinajstić information content (AvgIpc) is 2.98. The van der Waals surface area contributed by atoms with Gasteiger partial charge in [-0.15, -0.1) is 0 Å². The van der Waals surface area contributed by atoms with Gasteiger partial charge in [-0.2, -0.15) is 0 Å². The number of benzene rings is 2. The van der Waals surface area contributed by atoms with Gasteiger partial charge in [-0.05, 0) is 47.6 Å². The maximum atomic E-state index is 11.0. The Morgan fingerprint density at radius 1 is 0.780 bits per heavy atom. The van der Waals surface area contributed by atoms with Crippen LogP contribution < -0.4 is 18.9 Å². The van der Waals surface area contributed by atoms with Crippen LogP contribution in [0.3, 0.4) is 0 Å². The summed E-state index contributed by atoms with van der Waals surface area (Å²) in [6.45, 7) is -1.02. The van der Waals surface area contributed by atoms with Crippen LogP contribution in [0.1, 0.15) is 22.6 Å². The standard InChI is InChI=1S/C28H38O13/c1-36-16-7-13(8-17(37-2)22(16)31)20-15(11-40-28-26(35)25(34)23(32)19(10-30)41-28)14(9-29)5-12-6-18(38-3)24(33)27(39-4)21(12)20/h6-8,14-15,19-20,23,25-26,28-35H,5,9-11H2,1-4H3/t14-,15-,19-,20-,23+,25+,26+,28+/m0/s1. The van der Waals surface area contributed by atoms with Gasteiger partial charge in [0.2, 0.25) is 11.5 Å². The molecule has 0 spiro atoms. The minimum absolute atomic E-state index is 0.123. The summed E-state index contributed by atoms with van der Waals surface area (Å²) in [6.07, 6.45) is -7.02. The summed E-state index contributed by atoms with van der Waals surface area (Å²) < 4.78 is 33.3. The fourth-order valence-electron chi connectivity index (χ4n) is 5.83. The van der Waals surface area contributed by atoms with E-state index in [1.165, 1.54) is 28.4 Å². The highest BCUT2D eigenvalue weighted by atomic mass is 16.7. The van der Waals surface area contributed by atoms with Gasteiger partial charge in [-0.3, -0.25) is 0 Å². The average molecular weight is 583 g/mol. The third-order valence-electron chi connectivity index (χ3n) is 7.99. The molecule has 0 saturated carbocycles. The van der Waals surface area contributed by atoms with E-state index in [1.807, 2.05) is 0 Å². The van der Waals surface area contributed by atoms with Gasteiger partial charge >= 0.3 is 0 Å². The molecule has 1 saturated heterocycles. The van der Waals surface area contributed by atoms with E-state index in [9.17, 15) is 35.7 Å². The largest absolute Gasteiger partial charge is 0.502 e. The summed E-state index contributed by atoms with van der Waals surface area (Å²) in [6, 6.07) is 4.88. The van der Waals surface area contributed by atoms with Gasteiger partial charge in [0.25, 0.3) is 0 Å². The van der Waals surface area contributed by atoms with Crippen LogP contribution in [0.4, 0.5) is 0 Å². The molecule has 0 aromatic heterocycles. The first-order valence-corrected chi connectivity index (χ1v) is 13.1. The zero-order valence-electron chi connectivity index (χ0n) is 23.3. The van der Waals surface area contributed by atoms with Crippen molar-refractivity contribution in [1.29, 1.82) is 0 Å². The van der Waals surface area contributed by atoms with Gasteiger partial charge < -0.3 is 64.2 Å². The third-order valence-corrected chi connectivity index (χ3v) is 7.99. The molecule has 13 nitrogen and oxygen atoms in total. The van der Waals surface area contributed by atoms with E-state index >= 15 is 0 Å². The number of hydrogen-bond acceptors (Lipinski definition) is 13. The van der Waals surface area contributed by atoms with Crippen molar-refractivity contribution >= 4 is 0 Å². The van der Waals surface area contributed by atoms with E-state index in [4.69, 9.17) is 28.4 Å². The zero-order chi connectivity index (χ0) is 30.0. The van der Waals surface area contributed by atoms with Gasteiger partial charge in [-0.1, -0.05) is 0 Å². The predicted molar refractivity (Wildman–Crippen MR) is 142 cm³/mol. The van der Waals surface area contributed by atoms with Crippen LogP contribution in [0.2, 0.25) is 0 Å². The molecular weight excluding hydrogens is 544 g/mol. The quantitative estimate of drug-likeness (QED) is 0.196. The summed E-state index contributed by atoms with van der Waals surface area (Å²) in [5.74, 6) is -1.51. The molecule has 2 aromatic rings. The lowest BCUT2D eigenvalue weighted by atomic mass is 9.66. The molecule has 0 bridgehead atoms. The maximum absolute atomic E-state index is 11.0. The first kappa shape index (κ1) is 30.9. The first-order chi connectivity index (χ1) is 19.6. The zero-order valence-corrected chi connectivity index (χ0v) is 23.3. The number of phenols is 2.